The molecule has 0 bridgehead atoms. The molecule has 4 heteroatoms. The Morgan fingerprint density at radius 2 is 1.87 bits per heavy atom. The first kappa shape index (κ1) is 15.9. The monoisotopic (exact) mass is 327 g/mol. The van der Waals surface area contributed by atoms with E-state index in [4.69, 9.17) is 0 Å². The Kier molecular flexibility index (Phi) is 4.11. The molecule has 1 atom stereocenters. The molecule has 1 saturated heterocycles. The summed E-state index contributed by atoms with van der Waals surface area (Å²) in [5, 5.41) is 3.91. The number of carbonyl (C=O) groups excluding carboxylic acids is 2. The zero-order valence-electron chi connectivity index (χ0n) is 13.7. The van der Waals surface area contributed by atoms with Crippen LogP contribution in [0.25, 0.3) is 0 Å². The fraction of sp³-hybridized carbons (Fsp3) is 0.368. The van der Waals surface area contributed by atoms with Crippen molar-refractivity contribution in [3.8, 4) is 0 Å². The minimum absolute atomic E-state index is 0.0864. The van der Waals surface area contributed by atoms with E-state index in [-0.39, 0.29) is 18.2 Å². The van der Waals surface area contributed by atoms with Gasteiger partial charge in [-0.1, -0.05) is 38.1 Å². The molecule has 2 heterocycles. The lowest BCUT2D eigenvalue weighted by molar-refractivity contribution is -0.140. The molecule has 1 aromatic heterocycles. The highest BCUT2D eigenvalue weighted by molar-refractivity contribution is 7.08. The van der Waals surface area contributed by atoms with Crippen LogP contribution in [-0.4, -0.2) is 16.7 Å². The van der Waals surface area contributed by atoms with Crippen LogP contribution in [-0.2, 0) is 21.5 Å². The van der Waals surface area contributed by atoms with Gasteiger partial charge in [0, 0.05) is 6.42 Å². The molecule has 3 rings (SSSR count). The SMILES string of the molecule is CC(C)c1ccc(CN2C(=O)CC(C)(c3ccsc3)C2=O)cc1. The van der Waals surface area contributed by atoms with E-state index in [1.54, 1.807) is 11.3 Å². The molecular formula is C19H21NO2S. The molecule has 1 aliphatic heterocycles. The standard InChI is InChI=1S/C19H21NO2S/c1-13(2)15-6-4-14(5-7-15)11-20-17(21)10-19(3,18(20)22)16-8-9-23-12-16/h4-9,12-13H,10-11H2,1-3H3. The average Bonchev–Trinajstić information content (AvgIpc) is 3.12. The lowest BCUT2D eigenvalue weighted by atomic mass is 9.83. The maximum atomic E-state index is 12.8. The minimum atomic E-state index is -0.713. The molecule has 1 unspecified atom stereocenters. The van der Waals surface area contributed by atoms with E-state index in [1.807, 2.05) is 35.9 Å². The summed E-state index contributed by atoms with van der Waals surface area (Å²) < 4.78 is 0. The van der Waals surface area contributed by atoms with Crippen LogP contribution < -0.4 is 0 Å². The van der Waals surface area contributed by atoms with Gasteiger partial charge in [0.1, 0.15) is 0 Å². The van der Waals surface area contributed by atoms with Crippen molar-refractivity contribution >= 4 is 23.2 Å². The summed E-state index contributed by atoms with van der Waals surface area (Å²) in [7, 11) is 0. The van der Waals surface area contributed by atoms with Crippen molar-refractivity contribution in [2.45, 2.75) is 45.1 Å². The Morgan fingerprint density at radius 3 is 2.43 bits per heavy atom. The van der Waals surface area contributed by atoms with Gasteiger partial charge in [-0.25, -0.2) is 0 Å². The van der Waals surface area contributed by atoms with Gasteiger partial charge in [0.15, 0.2) is 0 Å². The van der Waals surface area contributed by atoms with E-state index in [9.17, 15) is 9.59 Å². The molecule has 1 fully saturated rings. The van der Waals surface area contributed by atoms with Gasteiger partial charge in [-0.15, -0.1) is 0 Å². The number of thiophene rings is 1. The predicted octanol–water partition coefficient (Wildman–Crippen LogP) is 4.09. The van der Waals surface area contributed by atoms with Crippen molar-refractivity contribution in [1.82, 2.24) is 4.90 Å². The molecule has 0 saturated carbocycles. The number of hydrogen-bond donors (Lipinski definition) is 0. The second kappa shape index (κ2) is 5.93. The van der Waals surface area contributed by atoms with Gasteiger partial charge in [0.2, 0.25) is 11.8 Å². The fourth-order valence-corrected chi connectivity index (χ4v) is 3.83. The molecule has 120 valence electrons. The number of nitrogens with zero attached hydrogens (tertiary/aromatic N) is 1. The molecule has 0 aliphatic carbocycles. The van der Waals surface area contributed by atoms with Crippen LogP contribution in [0.5, 0.6) is 0 Å². The summed E-state index contributed by atoms with van der Waals surface area (Å²) in [6.07, 6.45) is 0.257. The highest BCUT2D eigenvalue weighted by Gasteiger charge is 2.49. The van der Waals surface area contributed by atoms with Gasteiger partial charge in [0.05, 0.1) is 12.0 Å². The van der Waals surface area contributed by atoms with Crippen LogP contribution in [0, 0.1) is 0 Å². The molecule has 1 aliphatic rings. The summed E-state index contributed by atoms with van der Waals surface area (Å²) in [5.41, 5.74) is 2.48. The quantitative estimate of drug-likeness (QED) is 0.793. The molecule has 0 spiro atoms. The zero-order valence-corrected chi connectivity index (χ0v) is 14.5. The third kappa shape index (κ3) is 2.83. The molecule has 0 N–H and O–H groups in total. The number of carbonyl (C=O) groups is 2. The van der Waals surface area contributed by atoms with Crippen LogP contribution in [0.4, 0.5) is 0 Å². The Bertz CT molecular complexity index is 718. The van der Waals surface area contributed by atoms with Gasteiger partial charge < -0.3 is 0 Å². The maximum Gasteiger partial charge on any atom is 0.240 e. The van der Waals surface area contributed by atoms with E-state index in [0.29, 0.717) is 12.5 Å². The molecule has 0 radical (unpaired) electrons. The van der Waals surface area contributed by atoms with Crippen molar-refractivity contribution in [2.75, 3.05) is 0 Å². The molecule has 1 aromatic carbocycles. The average molecular weight is 327 g/mol. The first-order valence-electron chi connectivity index (χ1n) is 7.88. The van der Waals surface area contributed by atoms with E-state index < -0.39 is 5.41 Å². The topological polar surface area (TPSA) is 37.4 Å². The smallest absolute Gasteiger partial charge is 0.240 e. The van der Waals surface area contributed by atoms with Crippen molar-refractivity contribution in [1.29, 1.82) is 0 Å². The number of likely N-dealkylation sites (tertiary alicyclic amines) is 1. The Balaban J connectivity index is 1.81. The minimum Gasteiger partial charge on any atom is -0.277 e. The second-order valence-electron chi connectivity index (χ2n) is 6.70. The van der Waals surface area contributed by atoms with Gasteiger partial charge >= 0.3 is 0 Å². The van der Waals surface area contributed by atoms with Crippen LogP contribution in [0.2, 0.25) is 0 Å². The summed E-state index contributed by atoms with van der Waals surface area (Å²) in [6, 6.07) is 10.1. The van der Waals surface area contributed by atoms with Crippen LogP contribution in [0.15, 0.2) is 41.1 Å². The van der Waals surface area contributed by atoms with Crippen LogP contribution in [0.3, 0.4) is 0 Å². The van der Waals surface area contributed by atoms with Crippen LogP contribution in [0.1, 0.15) is 49.8 Å². The fourth-order valence-electron chi connectivity index (χ4n) is 3.04. The molecular weight excluding hydrogens is 306 g/mol. The Hall–Kier alpha value is -1.94. The molecule has 23 heavy (non-hydrogen) atoms. The summed E-state index contributed by atoms with van der Waals surface area (Å²) >= 11 is 1.56. The third-order valence-corrected chi connectivity index (χ3v) is 5.35. The molecule has 2 aromatic rings. The van der Waals surface area contributed by atoms with Crippen LogP contribution >= 0.6 is 11.3 Å². The largest absolute Gasteiger partial charge is 0.277 e. The molecule has 2 amide bonds. The van der Waals surface area contributed by atoms with Crippen molar-refractivity contribution in [3.05, 3.63) is 57.8 Å². The first-order valence-corrected chi connectivity index (χ1v) is 8.82. The van der Waals surface area contributed by atoms with E-state index in [1.165, 1.54) is 10.5 Å². The summed E-state index contributed by atoms with van der Waals surface area (Å²) in [6.45, 7) is 6.52. The number of amides is 2. The number of hydrogen-bond acceptors (Lipinski definition) is 3. The van der Waals surface area contributed by atoms with Crippen molar-refractivity contribution in [2.24, 2.45) is 0 Å². The highest BCUT2D eigenvalue weighted by Crippen LogP contribution is 2.37. The van der Waals surface area contributed by atoms with Crippen molar-refractivity contribution < 1.29 is 9.59 Å². The third-order valence-electron chi connectivity index (χ3n) is 4.67. The molecule has 3 nitrogen and oxygen atoms in total. The number of benzene rings is 1. The normalized spacial score (nSPS) is 21.5. The Morgan fingerprint density at radius 1 is 1.17 bits per heavy atom. The van der Waals surface area contributed by atoms with Gasteiger partial charge in [-0.3, -0.25) is 14.5 Å². The number of rotatable bonds is 4. The van der Waals surface area contributed by atoms with Gasteiger partial charge in [0.25, 0.3) is 0 Å². The highest BCUT2D eigenvalue weighted by atomic mass is 32.1. The Labute approximate surface area is 140 Å². The lowest BCUT2D eigenvalue weighted by Gasteiger charge is -2.21. The predicted molar refractivity (Wildman–Crippen MR) is 92.4 cm³/mol. The summed E-state index contributed by atoms with van der Waals surface area (Å²) in [4.78, 5) is 26.6. The van der Waals surface area contributed by atoms with Gasteiger partial charge in [-0.05, 0) is 46.4 Å². The van der Waals surface area contributed by atoms with E-state index >= 15 is 0 Å². The summed E-state index contributed by atoms with van der Waals surface area (Å²) in [5.74, 6) is 0.298. The van der Waals surface area contributed by atoms with Gasteiger partial charge in [-0.2, -0.15) is 11.3 Å². The van der Waals surface area contributed by atoms with Crippen molar-refractivity contribution in [3.63, 3.8) is 0 Å². The number of imide groups is 1. The first-order chi connectivity index (χ1) is 10.9. The lowest BCUT2D eigenvalue weighted by Crippen LogP contribution is -2.35. The second-order valence-corrected chi connectivity index (χ2v) is 7.48. The van der Waals surface area contributed by atoms with E-state index in [2.05, 4.69) is 26.0 Å². The van der Waals surface area contributed by atoms with E-state index in [0.717, 1.165) is 11.1 Å². The maximum absolute atomic E-state index is 12.8. The zero-order chi connectivity index (χ0) is 16.6.